The molecule has 0 aromatic heterocycles. The number of carbonyl (C=O) groups excluding carboxylic acids is 1. The second kappa shape index (κ2) is 9.31. The normalized spacial score (nSPS) is 20.1. The number of nitrogens with one attached hydrogen (secondary N) is 2. The number of nitrogens with zero attached hydrogens (tertiary/aromatic N) is 1. The van der Waals surface area contributed by atoms with Crippen molar-refractivity contribution in [2.75, 3.05) is 23.7 Å². The summed E-state index contributed by atoms with van der Waals surface area (Å²) in [5.41, 5.74) is 2.61. The van der Waals surface area contributed by atoms with Crippen LogP contribution in [-0.4, -0.2) is 35.7 Å². The fourth-order valence-corrected chi connectivity index (χ4v) is 3.75. The molecular weight excluding hydrogens is 362 g/mol. The van der Waals surface area contributed by atoms with Gasteiger partial charge < -0.3 is 10.1 Å². The lowest BCUT2D eigenvalue weighted by atomic mass is 9.93. The number of amides is 1. The molecule has 156 valence electrons. The zero-order valence-electron chi connectivity index (χ0n) is 17.9. The first-order valence-electron chi connectivity index (χ1n) is 10.4. The number of rotatable bonds is 5. The lowest BCUT2D eigenvalue weighted by Gasteiger charge is -2.38. The van der Waals surface area contributed by atoms with Gasteiger partial charge in [-0.25, -0.2) is 4.79 Å². The first kappa shape index (κ1) is 21.2. The van der Waals surface area contributed by atoms with E-state index < -0.39 is 11.7 Å². The Morgan fingerprint density at radius 2 is 1.83 bits per heavy atom. The zero-order chi connectivity index (χ0) is 20.9. The minimum absolute atomic E-state index is 0.416. The third-order valence-corrected chi connectivity index (χ3v) is 5.10. The third kappa shape index (κ3) is 6.79. The van der Waals surface area contributed by atoms with Crippen molar-refractivity contribution < 1.29 is 9.53 Å². The SMILES string of the molecule is CC1CN(Cc2ccccc2)CCC1Nc1cccc(NC(=O)OC(C)(C)C)c1. The van der Waals surface area contributed by atoms with Crippen molar-refractivity contribution in [2.24, 2.45) is 5.92 Å². The fraction of sp³-hybridized carbons (Fsp3) is 0.458. The summed E-state index contributed by atoms with van der Waals surface area (Å²) in [6.07, 6.45) is 0.662. The van der Waals surface area contributed by atoms with Crippen LogP contribution in [0.3, 0.4) is 0 Å². The van der Waals surface area contributed by atoms with Gasteiger partial charge in [-0.1, -0.05) is 43.3 Å². The molecule has 1 aliphatic heterocycles. The van der Waals surface area contributed by atoms with Crippen LogP contribution < -0.4 is 10.6 Å². The number of carbonyl (C=O) groups is 1. The Balaban J connectivity index is 1.53. The van der Waals surface area contributed by atoms with E-state index in [1.807, 2.05) is 45.0 Å². The van der Waals surface area contributed by atoms with E-state index in [-0.39, 0.29) is 0 Å². The number of likely N-dealkylation sites (tertiary alicyclic amines) is 1. The van der Waals surface area contributed by atoms with Crippen LogP contribution in [0.4, 0.5) is 16.2 Å². The van der Waals surface area contributed by atoms with E-state index in [1.165, 1.54) is 5.56 Å². The minimum Gasteiger partial charge on any atom is -0.444 e. The summed E-state index contributed by atoms with van der Waals surface area (Å²) in [6.45, 7) is 11.0. The van der Waals surface area contributed by atoms with Crippen LogP contribution in [0.15, 0.2) is 54.6 Å². The monoisotopic (exact) mass is 395 g/mol. The Labute approximate surface area is 174 Å². The Hall–Kier alpha value is -2.53. The molecule has 1 aliphatic rings. The molecule has 2 aromatic rings. The molecule has 2 aromatic carbocycles. The molecule has 5 heteroatoms. The highest BCUT2D eigenvalue weighted by molar-refractivity contribution is 5.85. The van der Waals surface area contributed by atoms with Crippen LogP contribution in [0.5, 0.6) is 0 Å². The van der Waals surface area contributed by atoms with Crippen molar-refractivity contribution in [2.45, 2.75) is 52.3 Å². The molecule has 2 N–H and O–H groups in total. The number of piperidine rings is 1. The molecule has 0 radical (unpaired) electrons. The minimum atomic E-state index is -0.511. The van der Waals surface area contributed by atoms with E-state index in [0.717, 1.165) is 37.4 Å². The Bertz CT molecular complexity index is 801. The van der Waals surface area contributed by atoms with Gasteiger partial charge in [-0.2, -0.15) is 0 Å². The van der Waals surface area contributed by atoms with Crippen LogP contribution >= 0.6 is 0 Å². The summed E-state index contributed by atoms with van der Waals surface area (Å²) in [6, 6.07) is 18.9. The molecule has 1 saturated heterocycles. The van der Waals surface area contributed by atoms with Crippen molar-refractivity contribution in [1.82, 2.24) is 4.90 Å². The summed E-state index contributed by atoms with van der Waals surface area (Å²) in [4.78, 5) is 14.5. The van der Waals surface area contributed by atoms with Gasteiger partial charge >= 0.3 is 6.09 Å². The van der Waals surface area contributed by atoms with Gasteiger partial charge in [-0.15, -0.1) is 0 Å². The van der Waals surface area contributed by atoms with E-state index in [9.17, 15) is 4.79 Å². The van der Waals surface area contributed by atoms with Gasteiger partial charge in [0.1, 0.15) is 5.60 Å². The number of hydrogen-bond donors (Lipinski definition) is 2. The summed E-state index contributed by atoms with van der Waals surface area (Å²) in [5, 5.41) is 6.47. The summed E-state index contributed by atoms with van der Waals surface area (Å²) in [5.74, 6) is 0.537. The smallest absolute Gasteiger partial charge is 0.412 e. The molecule has 5 nitrogen and oxygen atoms in total. The van der Waals surface area contributed by atoms with Gasteiger partial charge in [0, 0.05) is 37.1 Å². The van der Waals surface area contributed by atoms with Gasteiger partial charge in [-0.3, -0.25) is 10.2 Å². The van der Waals surface area contributed by atoms with Crippen molar-refractivity contribution in [3.8, 4) is 0 Å². The third-order valence-electron chi connectivity index (χ3n) is 5.10. The number of ether oxygens (including phenoxy) is 1. The average Bonchev–Trinajstić information content (AvgIpc) is 2.63. The number of hydrogen-bond acceptors (Lipinski definition) is 4. The van der Waals surface area contributed by atoms with Gasteiger partial charge in [0.05, 0.1) is 0 Å². The topological polar surface area (TPSA) is 53.6 Å². The summed E-state index contributed by atoms with van der Waals surface area (Å²) in [7, 11) is 0. The summed E-state index contributed by atoms with van der Waals surface area (Å²) < 4.78 is 5.33. The van der Waals surface area contributed by atoms with Crippen LogP contribution in [0.2, 0.25) is 0 Å². The van der Waals surface area contributed by atoms with E-state index in [1.54, 1.807) is 0 Å². The lowest BCUT2D eigenvalue weighted by molar-refractivity contribution is 0.0636. The zero-order valence-corrected chi connectivity index (χ0v) is 17.9. The Kier molecular flexibility index (Phi) is 6.80. The maximum absolute atomic E-state index is 12.0. The molecule has 0 spiro atoms. The van der Waals surface area contributed by atoms with Crippen LogP contribution in [0.1, 0.15) is 39.7 Å². The van der Waals surface area contributed by atoms with E-state index in [0.29, 0.717) is 12.0 Å². The number of benzene rings is 2. The van der Waals surface area contributed by atoms with Gasteiger partial charge in [-0.05, 0) is 56.9 Å². The predicted octanol–water partition coefficient (Wildman–Crippen LogP) is 5.36. The second-order valence-corrected chi connectivity index (χ2v) is 8.95. The molecule has 29 heavy (non-hydrogen) atoms. The summed E-state index contributed by atoms with van der Waals surface area (Å²) >= 11 is 0. The molecule has 1 amide bonds. The molecule has 3 rings (SSSR count). The molecule has 0 bridgehead atoms. The lowest BCUT2D eigenvalue weighted by Crippen LogP contribution is -2.44. The molecule has 2 unspecified atom stereocenters. The van der Waals surface area contributed by atoms with Crippen molar-refractivity contribution >= 4 is 17.5 Å². The first-order chi connectivity index (χ1) is 13.8. The predicted molar refractivity (Wildman–Crippen MR) is 119 cm³/mol. The molecular formula is C24H33N3O2. The van der Waals surface area contributed by atoms with E-state index >= 15 is 0 Å². The van der Waals surface area contributed by atoms with Crippen molar-refractivity contribution in [1.29, 1.82) is 0 Å². The average molecular weight is 396 g/mol. The quantitative estimate of drug-likeness (QED) is 0.716. The Morgan fingerprint density at radius 3 is 2.52 bits per heavy atom. The fourth-order valence-electron chi connectivity index (χ4n) is 3.75. The first-order valence-corrected chi connectivity index (χ1v) is 10.4. The number of anilines is 2. The standard InChI is InChI=1S/C24H33N3O2/c1-18-16-27(17-19-9-6-5-7-10-19)14-13-22(18)25-20-11-8-12-21(15-20)26-23(28)29-24(2,3)4/h5-12,15,18,22,25H,13-14,16-17H2,1-4H3,(H,26,28). The van der Waals surface area contributed by atoms with Gasteiger partial charge in [0.25, 0.3) is 0 Å². The van der Waals surface area contributed by atoms with Crippen LogP contribution in [0.25, 0.3) is 0 Å². The maximum atomic E-state index is 12.0. The largest absolute Gasteiger partial charge is 0.444 e. The molecule has 1 heterocycles. The highest BCUT2D eigenvalue weighted by Gasteiger charge is 2.26. The highest BCUT2D eigenvalue weighted by atomic mass is 16.6. The van der Waals surface area contributed by atoms with Crippen LogP contribution in [0, 0.1) is 5.92 Å². The second-order valence-electron chi connectivity index (χ2n) is 8.95. The Morgan fingerprint density at radius 1 is 1.10 bits per heavy atom. The van der Waals surface area contributed by atoms with Crippen molar-refractivity contribution in [3.63, 3.8) is 0 Å². The van der Waals surface area contributed by atoms with Crippen molar-refractivity contribution in [3.05, 3.63) is 60.2 Å². The van der Waals surface area contributed by atoms with Gasteiger partial charge in [0.2, 0.25) is 0 Å². The maximum Gasteiger partial charge on any atom is 0.412 e. The highest BCUT2D eigenvalue weighted by Crippen LogP contribution is 2.24. The van der Waals surface area contributed by atoms with Gasteiger partial charge in [0.15, 0.2) is 0 Å². The molecule has 2 atom stereocenters. The molecule has 0 aliphatic carbocycles. The van der Waals surface area contributed by atoms with Crippen LogP contribution in [-0.2, 0) is 11.3 Å². The van der Waals surface area contributed by atoms with E-state index in [4.69, 9.17) is 4.74 Å². The molecule has 1 fully saturated rings. The molecule has 0 saturated carbocycles. The van der Waals surface area contributed by atoms with E-state index in [2.05, 4.69) is 52.8 Å².